The average Bonchev–Trinajstić information content (AvgIpc) is 2.82. The topological polar surface area (TPSA) is 175 Å². The highest BCUT2D eigenvalue weighted by molar-refractivity contribution is 6.09. The van der Waals surface area contributed by atoms with Gasteiger partial charge in [0.2, 0.25) is 23.6 Å². The largest absolute Gasteiger partial charge is 0.326 e. The van der Waals surface area contributed by atoms with Crippen LogP contribution in [0.3, 0.4) is 0 Å². The van der Waals surface area contributed by atoms with Crippen molar-refractivity contribution in [3.8, 4) is 0 Å². The lowest BCUT2D eigenvalue weighted by Gasteiger charge is -2.13. The molecule has 0 aliphatic rings. The summed E-state index contributed by atoms with van der Waals surface area (Å²) in [6.07, 6.45) is 0. The van der Waals surface area contributed by atoms with Crippen LogP contribution in [0, 0.1) is 0 Å². The van der Waals surface area contributed by atoms with Crippen molar-refractivity contribution in [3.05, 3.63) is 71.8 Å². The Labute approximate surface area is 229 Å². The molecule has 0 bridgehead atoms. The third kappa shape index (κ3) is 8.80. The predicted molar refractivity (Wildman–Crippen MR) is 152 cm³/mol. The fourth-order valence-corrected chi connectivity index (χ4v) is 3.70. The summed E-state index contributed by atoms with van der Waals surface area (Å²) >= 11 is 0. The molecule has 0 aliphatic carbocycles. The van der Waals surface area contributed by atoms with Gasteiger partial charge in [0.25, 0.3) is 11.8 Å². The molecule has 0 saturated carbocycles. The standard InChI is InChI=1S/C28H28N6O6/c1-15(35)29-23-8-19(9-24(13-23)30-16(2)36)27(39)33-21-6-5-7-22(12-21)34-28(40)20-10-25(31-17(3)37)14-26(11-20)32-18(4)38/h5-14H,1-4H3,(H,29,35)(H,30,36)(H,31,37)(H,32,38)(H,33,39)(H,34,40). The smallest absolute Gasteiger partial charge is 0.255 e. The maximum Gasteiger partial charge on any atom is 0.255 e. The summed E-state index contributed by atoms with van der Waals surface area (Å²) in [5.41, 5.74) is 2.36. The van der Waals surface area contributed by atoms with Gasteiger partial charge in [-0.1, -0.05) is 6.07 Å². The molecular formula is C28H28N6O6. The van der Waals surface area contributed by atoms with Crippen molar-refractivity contribution in [1.29, 1.82) is 0 Å². The Morgan fingerprint density at radius 1 is 0.400 bits per heavy atom. The molecule has 0 radical (unpaired) electrons. The minimum Gasteiger partial charge on any atom is -0.326 e. The van der Waals surface area contributed by atoms with Gasteiger partial charge >= 0.3 is 0 Å². The average molecular weight is 545 g/mol. The molecule has 6 amide bonds. The van der Waals surface area contributed by atoms with Crippen molar-refractivity contribution in [2.45, 2.75) is 27.7 Å². The first kappa shape index (κ1) is 29.0. The number of carbonyl (C=O) groups is 6. The molecule has 0 fully saturated rings. The van der Waals surface area contributed by atoms with E-state index in [9.17, 15) is 28.8 Å². The Balaban J connectivity index is 1.81. The first-order valence-electron chi connectivity index (χ1n) is 12.0. The van der Waals surface area contributed by atoms with Gasteiger partial charge < -0.3 is 31.9 Å². The maximum absolute atomic E-state index is 13.0. The molecule has 0 atom stereocenters. The molecule has 0 saturated heterocycles. The summed E-state index contributed by atoms with van der Waals surface area (Å²) in [4.78, 5) is 72.0. The van der Waals surface area contributed by atoms with Crippen molar-refractivity contribution >= 4 is 69.6 Å². The van der Waals surface area contributed by atoms with Gasteiger partial charge in [-0.25, -0.2) is 0 Å². The normalized spacial score (nSPS) is 10.1. The molecule has 12 heteroatoms. The maximum atomic E-state index is 13.0. The van der Waals surface area contributed by atoms with Crippen LogP contribution in [-0.4, -0.2) is 35.4 Å². The van der Waals surface area contributed by atoms with Crippen LogP contribution in [0.4, 0.5) is 34.1 Å². The summed E-state index contributed by atoms with van der Waals surface area (Å²) in [7, 11) is 0. The van der Waals surface area contributed by atoms with Crippen LogP contribution in [0.15, 0.2) is 60.7 Å². The van der Waals surface area contributed by atoms with E-state index in [1.54, 1.807) is 18.2 Å². The summed E-state index contributed by atoms with van der Waals surface area (Å²) in [5, 5.41) is 15.8. The molecule has 3 rings (SSSR count). The Kier molecular flexibility index (Phi) is 9.31. The zero-order valence-corrected chi connectivity index (χ0v) is 22.2. The first-order valence-corrected chi connectivity index (χ1v) is 12.0. The Bertz CT molecular complexity index is 1340. The van der Waals surface area contributed by atoms with Crippen molar-refractivity contribution in [3.63, 3.8) is 0 Å². The molecular weight excluding hydrogens is 516 g/mol. The minimum atomic E-state index is -0.523. The van der Waals surface area contributed by atoms with Crippen LogP contribution in [0.1, 0.15) is 48.4 Å². The number of anilines is 6. The molecule has 6 N–H and O–H groups in total. The van der Waals surface area contributed by atoms with Crippen LogP contribution in [0.2, 0.25) is 0 Å². The second kappa shape index (κ2) is 12.8. The van der Waals surface area contributed by atoms with Crippen LogP contribution >= 0.6 is 0 Å². The number of nitrogens with one attached hydrogen (secondary N) is 6. The van der Waals surface area contributed by atoms with Gasteiger partial charge in [0.15, 0.2) is 0 Å². The Morgan fingerprint density at radius 2 is 0.675 bits per heavy atom. The van der Waals surface area contributed by atoms with E-state index in [1.807, 2.05) is 0 Å². The van der Waals surface area contributed by atoms with Crippen LogP contribution in [0.5, 0.6) is 0 Å². The van der Waals surface area contributed by atoms with E-state index in [1.165, 1.54) is 70.2 Å². The lowest BCUT2D eigenvalue weighted by atomic mass is 10.1. The molecule has 12 nitrogen and oxygen atoms in total. The van der Waals surface area contributed by atoms with E-state index >= 15 is 0 Å². The van der Waals surface area contributed by atoms with Gasteiger partial charge in [0, 0.05) is 72.9 Å². The summed E-state index contributed by atoms with van der Waals surface area (Å²) in [6.45, 7) is 5.28. The number of amides is 6. The summed E-state index contributed by atoms with van der Waals surface area (Å²) < 4.78 is 0. The van der Waals surface area contributed by atoms with Gasteiger partial charge in [0.1, 0.15) is 0 Å². The van der Waals surface area contributed by atoms with Gasteiger partial charge in [-0.2, -0.15) is 0 Å². The third-order valence-electron chi connectivity index (χ3n) is 5.05. The molecule has 3 aromatic carbocycles. The monoisotopic (exact) mass is 544 g/mol. The summed E-state index contributed by atoms with van der Waals surface area (Å²) in [6, 6.07) is 15.3. The number of hydrogen-bond acceptors (Lipinski definition) is 6. The van der Waals surface area contributed by atoms with Gasteiger partial charge in [-0.05, 0) is 54.6 Å². The fourth-order valence-electron chi connectivity index (χ4n) is 3.70. The second-order valence-corrected chi connectivity index (χ2v) is 8.81. The SMILES string of the molecule is CC(=O)Nc1cc(NC(C)=O)cc(C(=O)Nc2cccc(NC(=O)c3cc(NC(C)=O)cc(NC(C)=O)c3)c2)c1. The van der Waals surface area contributed by atoms with E-state index in [-0.39, 0.29) is 34.8 Å². The highest BCUT2D eigenvalue weighted by atomic mass is 16.2. The quantitative estimate of drug-likeness (QED) is 0.250. The van der Waals surface area contributed by atoms with Crippen LogP contribution in [0.25, 0.3) is 0 Å². The lowest BCUT2D eigenvalue weighted by molar-refractivity contribution is -0.115. The molecule has 0 heterocycles. The molecule has 3 aromatic rings. The molecule has 206 valence electrons. The lowest BCUT2D eigenvalue weighted by Crippen LogP contribution is -2.16. The Morgan fingerprint density at radius 3 is 0.950 bits per heavy atom. The molecule has 0 aliphatic heterocycles. The zero-order valence-electron chi connectivity index (χ0n) is 22.2. The number of hydrogen-bond donors (Lipinski definition) is 6. The molecule has 40 heavy (non-hydrogen) atoms. The number of benzene rings is 3. The zero-order chi connectivity index (χ0) is 29.4. The molecule has 0 spiro atoms. The van der Waals surface area contributed by atoms with E-state index < -0.39 is 11.8 Å². The number of carbonyl (C=O) groups excluding carboxylic acids is 6. The second-order valence-electron chi connectivity index (χ2n) is 8.81. The number of rotatable bonds is 8. The van der Waals surface area contributed by atoms with Crippen molar-refractivity contribution < 1.29 is 28.8 Å². The highest BCUT2D eigenvalue weighted by Crippen LogP contribution is 2.24. The van der Waals surface area contributed by atoms with Crippen molar-refractivity contribution in [1.82, 2.24) is 0 Å². The summed E-state index contributed by atoms with van der Waals surface area (Å²) in [5.74, 6) is -2.43. The van der Waals surface area contributed by atoms with Gasteiger partial charge in [-0.3, -0.25) is 28.8 Å². The van der Waals surface area contributed by atoms with Crippen LogP contribution in [-0.2, 0) is 19.2 Å². The van der Waals surface area contributed by atoms with E-state index in [2.05, 4.69) is 31.9 Å². The van der Waals surface area contributed by atoms with E-state index in [0.29, 0.717) is 34.1 Å². The van der Waals surface area contributed by atoms with Crippen molar-refractivity contribution in [2.24, 2.45) is 0 Å². The fraction of sp³-hybridized carbons (Fsp3) is 0.143. The predicted octanol–water partition coefficient (Wildman–Crippen LogP) is 4.02. The van der Waals surface area contributed by atoms with Crippen LogP contribution < -0.4 is 31.9 Å². The molecule has 0 unspecified atom stereocenters. The first-order chi connectivity index (χ1) is 18.9. The molecule has 0 aromatic heterocycles. The van der Waals surface area contributed by atoms with E-state index in [0.717, 1.165) is 0 Å². The third-order valence-corrected chi connectivity index (χ3v) is 5.05. The highest BCUT2D eigenvalue weighted by Gasteiger charge is 2.14. The van der Waals surface area contributed by atoms with E-state index in [4.69, 9.17) is 0 Å². The van der Waals surface area contributed by atoms with Gasteiger partial charge in [0.05, 0.1) is 0 Å². The Hall–Kier alpha value is -5.52. The van der Waals surface area contributed by atoms with Crippen molar-refractivity contribution in [2.75, 3.05) is 31.9 Å². The minimum absolute atomic E-state index is 0.171. The van der Waals surface area contributed by atoms with Gasteiger partial charge in [-0.15, -0.1) is 0 Å².